The Bertz CT molecular complexity index is 1780. The van der Waals surface area contributed by atoms with E-state index in [1.165, 1.54) is 33.4 Å². The van der Waals surface area contributed by atoms with Crippen LogP contribution in [-0.4, -0.2) is 13.5 Å². The van der Waals surface area contributed by atoms with E-state index in [0.29, 0.717) is 13.5 Å². The van der Waals surface area contributed by atoms with Gasteiger partial charge in [-0.25, -0.2) is 0 Å². The molecule has 2 aliphatic rings. The molecule has 5 aromatic carbocycles. The smallest absolute Gasteiger partial charge is 0.161 e. The molecule has 0 spiro atoms. The summed E-state index contributed by atoms with van der Waals surface area (Å²) >= 11 is 9.38. The monoisotopic (exact) mass is 644 g/mol. The van der Waals surface area contributed by atoms with Crippen LogP contribution in [-0.2, 0) is 23.9 Å². The van der Waals surface area contributed by atoms with Crippen molar-refractivity contribution in [2.75, 3.05) is 23.3 Å². The van der Waals surface area contributed by atoms with Gasteiger partial charge in [0.25, 0.3) is 0 Å². The van der Waals surface area contributed by atoms with Gasteiger partial charge in [-0.15, -0.1) is 25.3 Å². The van der Waals surface area contributed by atoms with Crippen molar-refractivity contribution < 1.29 is 9.47 Å². The predicted molar refractivity (Wildman–Crippen MR) is 194 cm³/mol. The van der Waals surface area contributed by atoms with E-state index in [1.807, 2.05) is 36.4 Å². The number of para-hydroxylation sites is 2. The lowest BCUT2D eigenvalue weighted by atomic mass is 9.73. The van der Waals surface area contributed by atoms with Crippen LogP contribution in [0.25, 0.3) is 0 Å². The summed E-state index contributed by atoms with van der Waals surface area (Å²) in [5.74, 6) is 1.91. The first kappa shape index (κ1) is 30.6. The molecule has 6 heteroatoms. The highest BCUT2D eigenvalue weighted by Gasteiger charge is 2.30. The van der Waals surface area contributed by atoms with Crippen LogP contribution in [0.4, 0.5) is 11.4 Å². The molecule has 0 fully saturated rings. The van der Waals surface area contributed by atoms with Crippen molar-refractivity contribution in [3.05, 3.63) is 143 Å². The predicted octanol–water partition coefficient (Wildman–Crippen LogP) is 9.63. The molecule has 0 N–H and O–H groups in total. The van der Waals surface area contributed by atoms with Crippen LogP contribution in [0.3, 0.4) is 0 Å². The van der Waals surface area contributed by atoms with E-state index < -0.39 is 0 Å². The molecule has 0 amide bonds. The number of ether oxygens (including phenoxy) is 2. The summed E-state index contributed by atoms with van der Waals surface area (Å²) in [4.78, 5) is 6.39. The van der Waals surface area contributed by atoms with E-state index in [-0.39, 0.29) is 10.8 Å². The molecule has 0 aliphatic carbocycles. The highest BCUT2D eigenvalue weighted by atomic mass is 32.1. The maximum Gasteiger partial charge on any atom is 0.161 e. The van der Waals surface area contributed by atoms with E-state index in [2.05, 4.69) is 136 Å². The van der Waals surface area contributed by atoms with Crippen molar-refractivity contribution in [2.24, 2.45) is 0 Å². The molecule has 4 nitrogen and oxygen atoms in total. The second-order valence-corrected chi connectivity index (χ2v) is 14.4. The third-order valence-corrected chi connectivity index (χ3v) is 10.5. The third kappa shape index (κ3) is 5.62. The normalized spacial score (nSPS) is 14.7. The topological polar surface area (TPSA) is 24.9 Å². The van der Waals surface area contributed by atoms with Gasteiger partial charge in [-0.05, 0) is 70.8 Å². The Morgan fingerprint density at radius 3 is 1.35 bits per heavy atom. The van der Waals surface area contributed by atoms with Gasteiger partial charge in [0.05, 0.1) is 11.4 Å². The largest absolute Gasteiger partial charge is 0.473 e. The molecular weight excluding hydrogens is 605 g/mol. The van der Waals surface area contributed by atoms with E-state index in [0.717, 1.165) is 45.8 Å². The molecule has 0 bridgehead atoms. The molecule has 0 saturated carbocycles. The average Bonchev–Trinajstić information content (AvgIpc) is 3.07. The molecule has 0 aromatic heterocycles. The number of anilines is 2. The molecule has 0 radical (unpaired) electrons. The van der Waals surface area contributed by atoms with Crippen LogP contribution < -0.4 is 19.3 Å². The summed E-state index contributed by atoms with van der Waals surface area (Å²) in [6, 6.07) is 38.8. The van der Waals surface area contributed by atoms with E-state index in [4.69, 9.17) is 9.47 Å². The van der Waals surface area contributed by atoms with Crippen LogP contribution >= 0.6 is 25.3 Å². The summed E-state index contributed by atoms with van der Waals surface area (Å²) in [6.07, 6.45) is 0. The van der Waals surface area contributed by atoms with Gasteiger partial charge in [0.2, 0.25) is 0 Å². The number of hydrogen-bond donors (Lipinski definition) is 2. The third-order valence-electron chi connectivity index (χ3n) is 9.79. The van der Waals surface area contributed by atoms with Crippen molar-refractivity contribution in [3.8, 4) is 11.5 Å². The molecule has 2 heterocycles. The maximum absolute atomic E-state index is 6.18. The minimum absolute atomic E-state index is 0.213. The van der Waals surface area contributed by atoms with Gasteiger partial charge in [-0.3, -0.25) is 0 Å². The minimum Gasteiger partial charge on any atom is -0.473 e. The quantitative estimate of drug-likeness (QED) is 0.180. The Morgan fingerprint density at radius 1 is 0.500 bits per heavy atom. The summed E-state index contributed by atoms with van der Waals surface area (Å²) in [6.45, 7) is 11.8. The highest BCUT2D eigenvalue weighted by Crippen LogP contribution is 2.41. The van der Waals surface area contributed by atoms with Crippen LogP contribution in [0.5, 0.6) is 11.5 Å². The Labute approximate surface area is 283 Å². The zero-order chi connectivity index (χ0) is 32.1. The first-order valence-corrected chi connectivity index (χ1v) is 16.7. The van der Waals surface area contributed by atoms with Gasteiger partial charge >= 0.3 is 0 Å². The van der Waals surface area contributed by atoms with Gasteiger partial charge in [-0.1, -0.05) is 88.4 Å². The molecule has 0 atom stereocenters. The Kier molecular flexibility index (Phi) is 7.98. The lowest BCUT2D eigenvalue weighted by Gasteiger charge is -2.35. The van der Waals surface area contributed by atoms with Crippen molar-refractivity contribution in [1.29, 1.82) is 0 Å². The van der Waals surface area contributed by atoms with Crippen LogP contribution in [0.2, 0.25) is 0 Å². The van der Waals surface area contributed by atoms with E-state index in [9.17, 15) is 0 Å². The van der Waals surface area contributed by atoms with Gasteiger partial charge in [-0.2, -0.15) is 0 Å². The second-order valence-electron chi connectivity index (χ2n) is 13.4. The first-order chi connectivity index (χ1) is 22.1. The second kappa shape index (κ2) is 12.0. The fourth-order valence-electron chi connectivity index (χ4n) is 6.67. The van der Waals surface area contributed by atoms with Gasteiger partial charge in [0.1, 0.15) is 11.5 Å². The molecule has 0 saturated heterocycles. The maximum atomic E-state index is 6.18. The van der Waals surface area contributed by atoms with Crippen molar-refractivity contribution in [1.82, 2.24) is 0 Å². The van der Waals surface area contributed by atoms with Crippen molar-refractivity contribution in [3.63, 3.8) is 0 Å². The number of thiol groups is 2. The molecular formula is C40H40N2O2S2. The zero-order valence-corrected chi connectivity index (χ0v) is 28.6. The van der Waals surface area contributed by atoms with Crippen molar-refractivity contribution in [2.45, 2.75) is 61.4 Å². The summed E-state index contributed by atoms with van der Waals surface area (Å²) < 4.78 is 12.4. The molecule has 234 valence electrons. The van der Waals surface area contributed by atoms with Gasteiger partial charge in [0, 0.05) is 44.8 Å². The molecule has 0 unspecified atom stereocenters. The summed E-state index contributed by atoms with van der Waals surface area (Å²) in [5.41, 5.74) is 9.22. The minimum atomic E-state index is -0.213. The lowest BCUT2D eigenvalue weighted by Crippen LogP contribution is -2.32. The SMILES string of the molecule is CC(C)(c1cccc(C(C)(C)c2ccc3c(c2)CN(c2ccccc2S)CO3)c1)c1ccc2c(c1)CN(c1ccccc1S)CO2. The summed E-state index contributed by atoms with van der Waals surface area (Å²) in [7, 11) is 0. The highest BCUT2D eigenvalue weighted by molar-refractivity contribution is 7.80. The Morgan fingerprint density at radius 2 is 0.913 bits per heavy atom. The Balaban J connectivity index is 1.16. The van der Waals surface area contributed by atoms with E-state index >= 15 is 0 Å². The fourth-order valence-corrected chi connectivity index (χ4v) is 7.27. The summed E-state index contributed by atoms with van der Waals surface area (Å²) in [5, 5.41) is 0. The number of nitrogens with zero attached hydrogens (tertiary/aromatic N) is 2. The van der Waals surface area contributed by atoms with Crippen LogP contribution in [0.1, 0.15) is 61.1 Å². The fraction of sp³-hybridized carbons (Fsp3) is 0.250. The average molecular weight is 645 g/mol. The standard InChI is InChI=1S/C40H40N2O2S2/c1-39(2,31-16-18-35-27(20-31)23-41(25-43-35)33-12-5-7-14-37(33)45)29-10-9-11-30(22-29)40(3,4)32-17-19-36-28(21-32)24-42(26-44-36)34-13-6-8-15-38(34)46/h5-22,45-46H,23-26H2,1-4H3. The number of benzene rings is 5. The Hall–Kier alpha value is -4.00. The number of rotatable bonds is 6. The molecule has 5 aromatic rings. The zero-order valence-electron chi connectivity index (χ0n) is 26.8. The van der Waals surface area contributed by atoms with Gasteiger partial charge in [0.15, 0.2) is 13.5 Å². The van der Waals surface area contributed by atoms with E-state index in [1.54, 1.807) is 0 Å². The number of fused-ring (bicyclic) bond motifs is 2. The van der Waals surface area contributed by atoms with Crippen LogP contribution in [0, 0.1) is 0 Å². The lowest BCUT2D eigenvalue weighted by molar-refractivity contribution is 0.288. The first-order valence-electron chi connectivity index (χ1n) is 15.8. The number of hydrogen-bond acceptors (Lipinski definition) is 6. The van der Waals surface area contributed by atoms with Gasteiger partial charge < -0.3 is 19.3 Å². The molecule has 46 heavy (non-hydrogen) atoms. The molecule has 7 rings (SSSR count). The molecule has 2 aliphatic heterocycles. The van der Waals surface area contributed by atoms with Crippen LogP contribution in [0.15, 0.2) is 119 Å². The van der Waals surface area contributed by atoms with Crippen molar-refractivity contribution >= 4 is 36.6 Å².